The number of hydrogen-bond donors (Lipinski definition) is 1. The molecule has 1 saturated carbocycles. The summed E-state index contributed by atoms with van der Waals surface area (Å²) in [5, 5.41) is 8.62. The maximum absolute atomic E-state index is 12.0. The Bertz CT molecular complexity index is 382. The minimum Gasteiger partial charge on any atom is -0.212 e. The minimum atomic E-state index is -3.24. The Hall–Kier alpha value is -0.600. The third-order valence-electron chi connectivity index (χ3n) is 3.35. The lowest BCUT2D eigenvalue weighted by Gasteiger charge is -2.30. The molecule has 0 aromatic heterocycles. The summed E-state index contributed by atoms with van der Waals surface area (Å²) in [6.45, 7) is 5.12. The van der Waals surface area contributed by atoms with E-state index in [2.05, 4.69) is 10.8 Å². The second-order valence-electron chi connectivity index (χ2n) is 5.81. The van der Waals surface area contributed by atoms with Gasteiger partial charge in [0, 0.05) is 12.5 Å². The number of nitrogens with zero attached hydrogens (tertiary/aromatic N) is 1. The molecule has 0 radical (unpaired) electrons. The predicted molar refractivity (Wildman–Crippen MR) is 67.8 cm³/mol. The molecular weight excluding hydrogens is 236 g/mol. The summed E-state index contributed by atoms with van der Waals surface area (Å²) in [5.41, 5.74) is 0. The number of rotatable bonds is 3. The van der Waals surface area contributed by atoms with E-state index in [9.17, 15) is 8.42 Å². The third kappa shape index (κ3) is 3.97. The Balaban J connectivity index is 2.50. The van der Waals surface area contributed by atoms with Crippen molar-refractivity contribution in [3.63, 3.8) is 0 Å². The highest BCUT2D eigenvalue weighted by atomic mass is 32.2. The fourth-order valence-electron chi connectivity index (χ4n) is 2.01. The number of nitriles is 1. The maximum Gasteiger partial charge on any atom is 0.216 e. The lowest BCUT2D eigenvalue weighted by atomic mass is 9.85. The molecule has 17 heavy (non-hydrogen) atoms. The summed E-state index contributed by atoms with van der Waals surface area (Å²) < 4.78 is 26.0. The van der Waals surface area contributed by atoms with Crippen LogP contribution >= 0.6 is 0 Å². The number of nitrogens with one attached hydrogen (secondary N) is 1. The molecule has 0 aromatic rings. The molecular formula is C12H22N2O2S. The molecule has 0 atom stereocenters. The first-order valence-electron chi connectivity index (χ1n) is 6.15. The van der Waals surface area contributed by atoms with E-state index in [-0.39, 0.29) is 6.04 Å². The van der Waals surface area contributed by atoms with Crippen molar-refractivity contribution in [2.24, 2.45) is 5.92 Å². The fourth-order valence-corrected chi connectivity index (χ4v) is 3.04. The van der Waals surface area contributed by atoms with Gasteiger partial charge in [-0.05, 0) is 52.4 Å². The monoisotopic (exact) mass is 258 g/mol. The van der Waals surface area contributed by atoms with Gasteiger partial charge in [0.05, 0.1) is 10.8 Å². The van der Waals surface area contributed by atoms with Crippen LogP contribution in [0.2, 0.25) is 0 Å². The SMILES string of the molecule is CC(C)(C)S(=O)(=O)NC1CCC(CC#N)CC1. The molecule has 1 N–H and O–H groups in total. The van der Waals surface area contributed by atoms with Gasteiger partial charge in [-0.25, -0.2) is 13.1 Å². The van der Waals surface area contributed by atoms with Gasteiger partial charge in [-0.2, -0.15) is 5.26 Å². The largest absolute Gasteiger partial charge is 0.216 e. The zero-order chi connectivity index (χ0) is 13.1. The second kappa shape index (κ2) is 5.36. The van der Waals surface area contributed by atoms with Crippen LogP contribution in [0.4, 0.5) is 0 Å². The zero-order valence-electron chi connectivity index (χ0n) is 10.9. The van der Waals surface area contributed by atoms with Crippen molar-refractivity contribution in [2.45, 2.75) is 63.7 Å². The summed E-state index contributed by atoms with van der Waals surface area (Å²) in [4.78, 5) is 0. The van der Waals surface area contributed by atoms with E-state index in [4.69, 9.17) is 5.26 Å². The first kappa shape index (κ1) is 14.5. The topological polar surface area (TPSA) is 70.0 Å². The van der Waals surface area contributed by atoms with Crippen LogP contribution in [0.3, 0.4) is 0 Å². The third-order valence-corrected chi connectivity index (χ3v) is 5.61. The summed E-state index contributed by atoms with van der Waals surface area (Å²) in [6, 6.07) is 2.24. The van der Waals surface area contributed by atoms with E-state index in [1.54, 1.807) is 20.8 Å². The summed E-state index contributed by atoms with van der Waals surface area (Å²) in [7, 11) is -3.24. The van der Waals surface area contributed by atoms with E-state index in [0.29, 0.717) is 12.3 Å². The molecule has 1 fully saturated rings. The van der Waals surface area contributed by atoms with Crippen LogP contribution in [-0.2, 0) is 10.0 Å². The van der Waals surface area contributed by atoms with Gasteiger partial charge in [-0.1, -0.05) is 0 Å². The molecule has 0 aromatic carbocycles. The first-order valence-corrected chi connectivity index (χ1v) is 7.63. The standard InChI is InChI=1S/C12H22N2O2S/c1-12(2,3)17(15,16)14-11-6-4-10(5-7-11)8-9-13/h10-11,14H,4-8H2,1-3H3. The lowest BCUT2D eigenvalue weighted by molar-refractivity contribution is 0.315. The maximum atomic E-state index is 12.0. The average Bonchev–Trinajstić information content (AvgIpc) is 2.19. The number of hydrogen-bond acceptors (Lipinski definition) is 3. The molecule has 0 saturated heterocycles. The Kier molecular flexibility index (Phi) is 4.56. The van der Waals surface area contributed by atoms with E-state index in [0.717, 1.165) is 25.7 Å². The van der Waals surface area contributed by atoms with Crippen molar-refractivity contribution in [3.8, 4) is 6.07 Å². The number of sulfonamides is 1. The minimum absolute atomic E-state index is 0.0502. The smallest absolute Gasteiger partial charge is 0.212 e. The van der Waals surface area contributed by atoms with Gasteiger partial charge in [0.1, 0.15) is 0 Å². The van der Waals surface area contributed by atoms with Crippen molar-refractivity contribution < 1.29 is 8.42 Å². The van der Waals surface area contributed by atoms with Crippen molar-refractivity contribution in [3.05, 3.63) is 0 Å². The summed E-state index contributed by atoms with van der Waals surface area (Å²) >= 11 is 0. The van der Waals surface area contributed by atoms with E-state index in [1.807, 2.05) is 0 Å². The van der Waals surface area contributed by atoms with Crippen LogP contribution in [0.15, 0.2) is 0 Å². The molecule has 0 spiro atoms. The molecule has 1 aliphatic carbocycles. The van der Waals surface area contributed by atoms with Gasteiger partial charge in [-0.3, -0.25) is 0 Å². The van der Waals surface area contributed by atoms with Crippen molar-refractivity contribution in [1.29, 1.82) is 5.26 Å². The van der Waals surface area contributed by atoms with E-state index in [1.165, 1.54) is 0 Å². The van der Waals surface area contributed by atoms with Gasteiger partial charge in [0.2, 0.25) is 10.0 Å². The Labute approximate surface area is 104 Å². The highest BCUT2D eigenvalue weighted by Gasteiger charge is 2.32. The van der Waals surface area contributed by atoms with Crippen molar-refractivity contribution in [1.82, 2.24) is 4.72 Å². The predicted octanol–water partition coefficient (Wildman–Crippen LogP) is 2.18. The Morgan fingerprint density at radius 2 is 1.76 bits per heavy atom. The van der Waals surface area contributed by atoms with Gasteiger partial charge in [0.25, 0.3) is 0 Å². The zero-order valence-corrected chi connectivity index (χ0v) is 11.7. The van der Waals surface area contributed by atoms with Crippen molar-refractivity contribution in [2.75, 3.05) is 0 Å². The second-order valence-corrected chi connectivity index (χ2v) is 8.28. The average molecular weight is 258 g/mol. The highest BCUT2D eigenvalue weighted by Crippen LogP contribution is 2.27. The van der Waals surface area contributed by atoms with Crippen LogP contribution in [0.5, 0.6) is 0 Å². The Morgan fingerprint density at radius 1 is 1.24 bits per heavy atom. The molecule has 98 valence electrons. The van der Waals surface area contributed by atoms with Gasteiger partial charge >= 0.3 is 0 Å². The molecule has 1 aliphatic rings. The van der Waals surface area contributed by atoms with Crippen LogP contribution in [0, 0.1) is 17.2 Å². The van der Waals surface area contributed by atoms with Crippen molar-refractivity contribution >= 4 is 10.0 Å². The first-order chi connectivity index (χ1) is 7.76. The van der Waals surface area contributed by atoms with Crippen LogP contribution in [-0.4, -0.2) is 19.2 Å². The highest BCUT2D eigenvalue weighted by molar-refractivity contribution is 7.90. The summed E-state index contributed by atoms with van der Waals surface area (Å²) in [6.07, 6.45) is 4.19. The molecule has 0 unspecified atom stereocenters. The van der Waals surface area contributed by atoms with E-state index >= 15 is 0 Å². The molecule has 4 nitrogen and oxygen atoms in total. The van der Waals surface area contributed by atoms with Gasteiger partial charge < -0.3 is 0 Å². The molecule has 0 bridgehead atoms. The molecule has 5 heteroatoms. The van der Waals surface area contributed by atoms with Gasteiger partial charge in [-0.15, -0.1) is 0 Å². The van der Waals surface area contributed by atoms with Gasteiger partial charge in [0.15, 0.2) is 0 Å². The van der Waals surface area contributed by atoms with E-state index < -0.39 is 14.8 Å². The lowest BCUT2D eigenvalue weighted by Crippen LogP contribution is -2.45. The van der Waals surface area contributed by atoms with Crippen LogP contribution < -0.4 is 4.72 Å². The van der Waals surface area contributed by atoms with Crippen LogP contribution in [0.1, 0.15) is 52.9 Å². The quantitative estimate of drug-likeness (QED) is 0.843. The van der Waals surface area contributed by atoms with Crippen LogP contribution in [0.25, 0.3) is 0 Å². The normalized spacial score (nSPS) is 26.5. The fraction of sp³-hybridized carbons (Fsp3) is 0.917. The molecule has 0 aliphatic heterocycles. The molecule has 0 heterocycles. The Morgan fingerprint density at radius 3 is 2.18 bits per heavy atom. The summed E-state index contributed by atoms with van der Waals surface area (Å²) in [5.74, 6) is 0.454. The molecule has 0 amide bonds. The molecule has 1 rings (SSSR count).